The number of benzene rings is 2. The van der Waals surface area contributed by atoms with Crippen LogP contribution in [0.2, 0.25) is 0 Å². The molecule has 26 heavy (non-hydrogen) atoms. The van der Waals surface area contributed by atoms with E-state index in [9.17, 15) is 19.2 Å². The summed E-state index contributed by atoms with van der Waals surface area (Å²) in [5, 5.41) is 0. The molecule has 1 aliphatic heterocycles. The fourth-order valence-corrected chi connectivity index (χ4v) is 2.85. The topological polar surface area (TPSA) is 99.5 Å². The average molecular weight is 348 g/mol. The van der Waals surface area contributed by atoms with Crippen molar-refractivity contribution in [2.45, 2.75) is 13.8 Å². The van der Waals surface area contributed by atoms with E-state index in [1.807, 2.05) is 0 Å². The molecule has 4 amide bonds. The van der Waals surface area contributed by atoms with Crippen molar-refractivity contribution in [2.24, 2.45) is 9.98 Å². The van der Waals surface area contributed by atoms with Gasteiger partial charge in [0.2, 0.25) is 12.2 Å². The Kier molecular flexibility index (Phi) is 4.29. The SMILES string of the molecule is Cc1cccc(N=C=O)c1N1C(=O)N(c2c(C)cccc2N=C=O)C1=O. The number of anilines is 2. The lowest BCUT2D eigenvalue weighted by Crippen LogP contribution is -2.65. The summed E-state index contributed by atoms with van der Waals surface area (Å²) in [4.78, 5) is 55.7. The molecule has 1 saturated heterocycles. The van der Waals surface area contributed by atoms with Gasteiger partial charge in [0.25, 0.3) is 0 Å². The van der Waals surface area contributed by atoms with E-state index in [4.69, 9.17) is 0 Å². The summed E-state index contributed by atoms with van der Waals surface area (Å²) in [6, 6.07) is 8.43. The maximum absolute atomic E-state index is 12.7. The first kappa shape index (κ1) is 17.0. The van der Waals surface area contributed by atoms with Crippen molar-refractivity contribution in [1.29, 1.82) is 0 Å². The van der Waals surface area contributed by atoms with Gasteiger partial charge in [-0.3, -0.25) is 0 Å². The van der Waals surface area contributed by atoms with Gasteiger partial charge in [-0.1, -0.05) is 24.3 Å². The van der Waals surface area contributed by atoms with Crippen LogP contribution in [-0.2, 0) is 9.59 Å². The van der Waals surface area contributed by atoms with E-state index < -0.39 is 12.1 Å². The average Bonchev–Trinajstić information content (AvgIpc) is 2.61. The number of amides is 4. The molecule has 0 atom stereocenters. The number of hydrogen-bond acceptors (Lipinski definition) is 6. The summed E-state index contributed by atoms with van der Waals surface area (Å²) in [6.45, 7) is 3.39. The zero-order valence-electron chi connectivity index (χ0n) is 13.9. The highest BCUT2D eigenvalue weighted by Gasteiger charge is 2.48. The molecule has 1 aliphatic rings. The van der Waals surface area contributed by atoms with Gasteiger partial charge in [-0.2, -0.15) is 9.98 Å². The molecular weight excluding hydrogens is 336 g/mol. The molecular formula is C18H12N4O4. The van der Waals surface area contributed by atoms with Crippen molar-refractivity contribution in [3.8, 4) is 0 Å². The Bertz CT molecular complexity index is 938. The van der Waals surface area contributed by atoms with E-state index in [1.54, 1.807) is 38.1 Å². The first-order valence-electron chi connectivity index (χ1n) is 7.54. The maximum atomic E-state index is 12.7. The number of nitrogens with zero attached hydrogens (tertiary/aromatic N) is 4. The smallest absolute Gasteiger partial charge is 0.246 e. The number of urea groups is 2. The van der Waals surface area contributed by atoms with Crippen LogP contribution >= 0.6 is 0 Å². The molecule has 0 N–H and O–H groups in total. The van der Waals surface area contributed by atoms with Crippen molar-refractivity contribution in [2.75, 3.05) is 9.80 Å². The molecule has 3 rings (SSSR count). The molecule has 0 unspecified atom stereocenters. The van der Waals surface area contributed by atoms with Crippen LogP contribution in [0, 0.1) is 13.8 Å². The third kappa shape index (κ3) is 2.52. The second-order valence-corrected chi connectivity index (χ2v) is 5.53. The highest BCUT2D eigenvalue weighted by molar-refractivity contribution is 6.42. The Morgan fingerprint density at radius 1 is 0.731 bits per heavy atom. The summed E-state index contributed by atoms with van der Waals surface area (Å²) < 4.78 is 0. The normalized spacial score (nSPS) is 13.0. The predicted octanol–water partition coefficient (Wildman–Crippen LogP) is 3.80. The van der Waals surface area contributed by atoms with Gasteiger partial charge in [0.15, 0.2) is 0 Å². The number of imide groups is 2. The molecule has 0 spiro atoms. The standard InChI is InChI=1S/C18H12N4O4/c1-11-5-3-7-13(19-9-23)15(11)21-17(25)22(18(21)26)16-12(2)6-4-8-14(16)20-10-24/h3-8H,1-2H3. The van der Waals surface area contributed by atoms with Crippen LogP contribution in [0.3, 0.4) is 0 Å². The van der Waals surface area contributed by atoms with E-state index in [-0.39, 0.29) is 22.7 Å². The Balaban J connectivity index is 2.09. The van der Waals surface area contributed by atoms with Crippen molar-refractivity contribution < 1.29 is 19.2 Å². The van der Waals surface area contributed by atoms with Crippen molar-refractivity contribution >= 4 is 47.0 Å². The molecule has 1 heterocycles. The quantitative estimate of drug-likeness (QED) is 0.619. The minimum Gasteiger partial charge on any atom is -0.246 e. The Morgan fingerprint density at radius 3 is 1.46 bits per heavy atom. The summed E-state index contributed by atoms with van der Waals surface area (Å²) in [5.74, 6) is 0. The highest BCUT2D eigenvalue weighted by Crippen LogP contribution is 2.42. The van der Waals surface area contributed by atoms with E-state index in [0.29, 0.717) is 11.1 Å². The van der Waals surface area contributed by atoms with E-state index in [0.717, 1.165) is 9.80 Å². The number of isocyanates is 2. The minimum atomic E-state index is -0.636. The minimum absolute atomic E-state index is 0.164. The van der Waals surface area contributed by atoms with Crippen LogP contribution in [0.25, 0.3) is 0 Å². The zero-order chi connectivity index (χ0) is 18.8. The van der Waals surface area contributed by atoms with Crippen LogP contribution < -0.4 is 9.80 Å². The number of hydrogen-bond donors (Lipinski definition) is 0. The number of aliphatic imine (C=N–C) groups is 2. The second-order valence-electron chi connectivity index (χ2n) is 5.53. The Morgan fingerprint density at radius 2 is 1.12 bits per heavy atom. The summed E-state index contributed by atoms with van der Waals surface area (Å²) >= 11 is 0. The second kappa shape index (κ2) is 6.57. The van der Waals surface area contributed by atoms with Crippen LogP contribution in [0.4, 0.5) is 32.3 Å². The number of carbonyl (C=O) groups excluding carboxylic acids is 4. The van der Waals surface area contributed by atoms with E-state index >= 15 is 0 Å². The lowest BCUT2D eigenvalue weighted by molar-refractivity contribution is 0.226. The zero-order valence-corrected chi connectivity index (χ0v) is 13.9. The fourth-order valence-electron chi connectivity index (χ4n) is 2.85. The highest BCUT2D eigenvalue weighted by atomic mass is 16.2. The first-order valence-corrected chi connectivity index (χ1v) is 7.54. The number of para-hydroxylation sites is 2. The van der Waals surface area contributed by atoms with Gasteiger partial charge in [-0.15, -0.1) is 0 Å². The van der Waals surface area contributed by atoms with Crippen molar-refractivity contribution in [3.05, 3.63) is 47.5 Å². The Hall–Kier alpha value is -3.86. The van der Waals surface area contributed by atoms with Crippen LogP contribution in [0.1, 0.15) is 11.1 Å². The molecule has 0 aromatic heterocycles. The summed E-state index contributed by atoms with van der Waals surface area (Å²) in [6.07, 6.45) is 2.83. The van der Waals surface area contributed by atoms with Crippen LogP contribution in [0.5, 0.6) is 0 Å². The molecule has 0 saturated carbocycles. The molecule has 2 aromatic rings. The summed E-state index contributed by atoms with van der Waals surface area (Å²) in [5.41, 5.74) is 1.96. The first-order chi connectivity index (χ1) is 12.5. The van der Waals surface area contributed by atoms with Gasteiger partial charge in [0, 0.05) is 0 Å². The lowest BCUT2D eigenvalue weighted by Gasteiger charge is -2.40. The Labute approximate surface area is 148 Å². The fraction of sp³-hybridized carbons (Fsp3) is 0.111. The van der Waals surface area contributed by atoms with Gasteiger partial charge in [-0.25, -0.2) is 29.0 Å². The predicted molar refractivity (Wildman–Crippen MR) is 93.7 cm³/mol. The van der Waals surface area contributed by atoms with Crippen LogP contribution in [-0.4, -0.2) is 24.2 Å². The monoisotopic (exact) mass is 348 g/mol. The molecule has 8 nitrogen and oxygen atoms in total. The van der Waals surface area contributed by atoms with Gasteiger partial charge >= 0.3 is 12.1 Å². The largest absolute Gasteiger partial charge is 0.345 e. The molecule has 0 bridgehead atoms. The summed E-state index contributed by atoms with van der Waals surface area (Å²) in [7, 11) is 0. The molecule has 0 aliphatic carbocycles. The molecule has 0 radical (unpaired) electrons. The third-order valence-electron chi connectivity index (χ3n) is 3.98. The van der Waals surface area contributed by atoms with Gasteiger partial charge < -0.3 is 0 Å². The number of carbonyl (C=O) groups is 2. The van der Waals surface area contributed by atoms with E-state index in [1.165, 1.54) is 24.3 Å². The molecule has 2 aromatic carbocycles. The maximum Gasteiger partial charge on any atom is 0.345 e. The van der Waals surface area contributed by atoms with E-state index in [2.05, 4.69) is 9.98 Å². The van der Waals surface area contributed by atoms with Gasteiger partial charge in [0.05, 0.1) is 11.4 Å². The molecule has 128 valence electrons. The number of aryl methyl sites for hydroxylation is 2. The third-order valence-corrected chi connectivity index (χ3v) is 3.98. The van der Waals surface area contributed by atoms with Crippen molar-refractivity contribution in [1.82, 2.24) is 0 Å². The van der Waals surface area contributed by atoms with Gasteiger partial charge in [0.1, 0.15) is 11.4 Å². The molecule has 1 fully saturated rings. The lowest BCUT2D eigenvalue weighted by atomic mass is 10.1. The molecule has 8 heteroatoms. The van der Waals surface area contributed by atoms with Crippen molar-refractivity contribution in [3.63, 3.8) is 0 Å². The van der Waals surface area contributed by atoms with Gasteiger partial charge in [-0.05, 0) is 37.1 Å². The number of rotatable bonds is 4. The van der Waals surface area contributed by atoms with Crippen LogP contribution in [0.15, 0.2) is 46.4 Å².